The fourth-order valence-electron chi connectivity index (χ4n) is 2.33. The lowest BCUT2D eigenvalue weighted by Crippen LogP contribution is -2.10. The van der Waals surface area contributed by atoms with Crippen molar-refractivity contribution in [3.63, 3.8) is 0 Å². The number of nitrogens with one attached hydrogen (secondary N) is 1. The smallest absolute Gasteiger partial charge is 0.291 e. The van der Waals surface area contributed by atoms with E-state index in [-0.39, 0.29) is 11.8 Å². The van der Waals surface area contributed by atoms with E-state index in [1.54, 1.807) is 6.07 Å². The highest BCUT2D eigenvalue weighted by molar-refractivity contribution is 6.02. The summed E-state index contributed by atoms with van der Waals surface area (Å²) < 4.78 is 5.72. The van der Waals surface area contributed by atoms with E-state index in [4.69, 9.17) is 4.42 Å². The average Bonchev–Trinajstić information content (AvgIpc) is 3.06. The third-order valence-electron chi connectivity index (χ3n) is 3.61. The van der Waals surface area contributed by atoms with Gasteiger partial charge in [-0.3, -0.25) is 4.79 Å². The molecule has 3 rings (SSSR count). The standard InChI is InChI=1S/C19H17NO2/c1-14(15-8-4-2-5-9-15)17-12-13-18(22-17)19(21)20-16-10-6-3-7-11-16/h2-14H,1H3,(H,20,21). The molecule has 3 nitrogen and oxygen atoms in total. The van der Waals surface area contributed by atoms with Gasteiger partial charge in [0, 0.05) is 11.6 Å². The maximum Gasteiger partial charge on any atom is 0.291 e. The van der Waals surface area contributed by atoms with Crippen LogP contribution in [0.3, 0.4) is 0 Å². The molecule has 3 heteroatoms. The summed E-state index contributed by atoms with van der Waals surface area (Å²) >= 11 is 0. The Morgan fingerprint density at radius 3 is 2.23 bits per heavy atom. The van der Waals surface area contributed by atoms with Gasteiger partial charge in [-0.05, 0) is 29.8 Å². The third kappa shape index (κ3) is 3.09. The topological polar surface area (TPSA) is 42.2 Å². The first kappa shape index (κ1) is 14.1. The van der Waals surface area contributed by atoms with Crippen LogP contribution in [-0.2, 0) is 0 Å². The quantitative estimate of drug-likeness (QED) is 0.758. The van der Waals surface area contributed by atoms with Gasteiger partial charge in [0.1, 0.15) is 5.76 Å². The molecule has 0 aliphatic carbocycles. The highest BCUT2D eigenvalue weighted by Gasteiger charge is 2.16. The van der Waals surface area contributed by atoms with Crippen molar-refractivity contribution in [2.45, 2.75) is 12.8 Å². The largest absolute Gasteiger partial charge is 0.455 e. The Morgan fingerprint density at radius 2 is 1.55 bits per heavy atom. The maximum absolute atomic E-state index is 12.2. The van der Waals surface area contributed by atoms with E-state index < -0.39 is 0 Å². The minimum atomic E-state index is -0.238. The second kappa shape index (κ2) is 6.31. The zero-order chi connectivity index (χ0) is 15.4. The Hall–Kier alpha value is -2.81. The Labute approximate surface area is 129 Å². The molecule has 1 heterocycles. The van der Waals surface area contributed by atoms with Gasteiger partial charge in [0.25, 0.3) is 5.91 Å². The molecule has 0 bridgehead atoms. The number of hydrogen-bond donors (Lipinski definition) is 1. The normalized spacial score (nSPS) is 11.9. The summed E-state index contributed by atoms with van der Waals surface area (Å²) in [5.41, 5.74) is 1.91. The number of carbonyl (C=O) groups is 1. The van der Waals surface area contributed by atoms with E-state index in [0.717, 1.165) is 17.0 Å². The van der Waals surface area contributed by atoms with Crippen molar-refractivity contribution >= 4 is 11.6 Å². The summed E-state index contributed by atoms with van der Waals surface area (Å²) in [7, 11) is 0. The molecular formula is C19H17NO2. The molecule has 0 saturated heterocycles. The van der Waals surface area contributed by atoms with Gasteiger partial charge in [0.15, 0.2) is 5.76 Å². The summed E-state index contributed by atoms with van der Waals surface area (Å²) in [6, 6.07) is 23.0. The molecule has 1 amide bonds. The summed E-state index contributed by atoms with van der Waals surface area (Å²) in [4.78, 5) is 12.2. The third-order valence-corrected chi connectivity index (χ3v) is 3.61. The van der Waals surface area contributed by atoms with Crippen LogP contribution in [0.15, 0.2) is 77.2 Å². The molecule has 2 aromatic carbocycles. The Balaban J connectivity index is 1.75. The van der Waals surface area contributed by atoms with E-state index in [1.807, 2.05) is 54.6 Å². The van der Waals surface area contributed by atoms with Crippen LogP contribution in [0.5, 0.6) is 0 Å². The van der Waals surface area contributed by atoms with Crippen LogP contribution in [0.2, 0.25) is 0 Å². The van der Waals surface area contributed by atoms with Crippen LogP contribution in [0.4, 0.5) is 5.69 Å². The van der Waals surface area contributed by atoms with E-state index in [2.05, 4.69) is 24.4 Å². The Kier molecular flexibility index (Phi) is 4.05. The molecule has 0 fully saturated rings. The molecule has 1 aromatic heterocycles. The van der Waals surface area contributed by atoms with Gasteiger partial charge in [-0.2, -0.15) is 0 Å². The van der Waals surface area contributed by atoms with Crippen LogP contribution < -0.4 is 5.32 Å². The molecule has 0 spiro atoms. The van der Waals surface area contributed by atoms with Crippen LogP contribution in [0, 0.1) is 0 Å². The van der Waals surface area contributed by atoms with Gasteiger partial charge >= 0.3 is 0 Å². The molecule has 3 aromatic rings. The van der Waals surface area contributed by atoms with Crippen molar-refractivity contribution in [2.75, 3.05) is 5.32 Å². The average molecular weight is 291 g/mol. The fourth-order valence-corrected chi connectivity index (χ4v) is 2.33. The number of benzene rings is 2. The first-order chi connectivity index (χ1) is 10.7. The van der Waals surface area contributed by atoms with Gasteiger partial charge < -0.3 is 9.73 Å². The number of amides is 1. The van der Waals surface area contributed by atoms with E-state index >= 15 is 0 Å². The number of hydrogen-bond acceptors (Lipinski definition) is 2. The van der Waals surface area contributed by atoms with Gasteiger partial charge in [-0.15, -0.1) is 0 Å². The van der Waals surface area contributed by atoms with Crippen molar-refractivity contribution in [3.05, 3.63) is 89.9 Å². The molecular weight excluding hydrogens is 274 g/mol. The first-order valence-corrected chi connectivity index (χ1v) is 7.25. The van der Waals surface area contributed by atoms with Crippen LogP contribution >= 0.6 is 0 Å². The first-order valence-electron chi connectivity index (χ1n) is 7.25. The summed E-state index contributed by atoms with van der Waals surface area (Å²) in [6.45, 7) is 2.06. The molecule has 1 unspecified atom stereocenters. The second-order valence-electron chi connectivity index (χ2n) is 5.15. The minimum absolute atomic E-state index is 0.111. The lowest BCUT2D eigenvalue weighted by Gasteiger charge is -2.08. The molecule has 0 aliphatic rings. The SMILES string of the molecule is CC(c1ccccc1)c1ccc(C(=O)Nc2ccccc2)o1. The van der Waals surface area contributed by atoms with E-state index in [9.17, 15) is 4.79 Å². The lowest BCUT2D eigenvalue weighted by molar-refractivity contribution is 0.0994. The molecule has 0 radical (unpaired) electrons. The predicted molar refractivity (Wildman–Crippen MR) is 87.1 cm³/mol. The highest BCUT2D eigenvalue weighted by Crippen LogP contribution is 2.25. The number of rotatable bonds is 4. The van der Waals surface area contributed by atoms with Crippen LogP contribution in [0.25, 0.3) is 0 Å². The minimum Gasteiger partial charge on any atom is -0.455 e. The van der Waals surface area contributed by atoms with Crippen molar-refractivity contribution in [3.8, 4) is 0 Å². The molecule has 22 heavy (non-hydrogen) atoms. The molecule has 110 valence electrons. The van der Waals surface area contributed by atoms with Gasteiger partial charge in [-0.25, -0.2) is 0 Å². The maximum atomic E-state index is 12.2. The fraction of sp³-hybridized carbons (Fsp3) is 0.105. The Bertz CT molecular complexity index is 747. The van der Waals surface area contributed by atoms with Crippen molar-refractivity contribution in [1.29, 1.82) is 0 Å². The van der Waals surface area contributed by atoms with Gasteiger partial charge in [-0.1, -0.05) is 55.5 Å². The number of furan rings is 1. The van der Waals surface area contributed by atoms with Crippen molar-refractivity contribution in [2.24, 2.45) is 0 Å². The molecule has 0 aliphatic heterocycles. The van der Waals surface area contributed by atoms with Crippen LogP contribution in [-0.4, -0.2) is 5.91 Å². The molecule has 1 N–H and O–H groups in total. The lowest BCUT2D eigenvalue weighted by atomic mass is 9.99. The monoisotopic (exact) mass is 291 g/mol. The zero-order valence-corrected chi connectivity index (χ0v) is 12.3. The number of carbonyl (C=O) groups excluding carboxylic acids is 1. The zero-order valence-electron chi connectivity index (χ0n) is 12.3. The Morgan fingerprint density at radius 1 is 0.909 bits per heavy atom. The molecule has 0 saturated carbocycles. The van der Waals surface area contributed by atoms with Gasteiger partial charge in [0.05, 0.1) is 0 Å². The van der Waals surface area contributed by atoms with Crippen LogP contribution in [0.1, 0.15) is 34.7 Å². The van der Waals surface area contributed by atoms with E-state index in [1.165, 1.54) is 0 Å². The second-order valence-corrected chi connectivity index (χ2v) is 5.15. The number of para-hydroxylation sites is 1. The van der Waals surface area contributed by atoms with Crippen molar-refractivity contribution < 1.29 is 9.21 Å². The summed E-state index contributed by atoms with van der Waals surface area (Å²) in [5.74, 6) is 0.975. The van der Waals surface area contributed by atoms with Gasteiger partial charge in [0.2, 0.25) is 0 Å². The highest BCUT2D eigenvalue weighted by atomic mass is 16.4. The summed E-state index contributed by atoms with van der Waals surface area (Å²) in [6.07, 6.45) is 0. The van der Waals surface area contributed by atoms with Crippen molar-refractivity contribution in [1.82, 2.24) is 0 Å². The molecule has 1 atom stereocenters. The predicted octanol–water partition coefficient (Wildman–Crippen LogP) is 4.68. The number of anilines is 1. The summed E-state index contributed by atoms with van der Waals surface area (Å²) in [5, 5.41) is 2.82. The van der Waals surface area contributed by atoms with E-state index in [0.29, 0.717) is 5.76 Å².